The minimum Gasteiger partial charge on any atom is -0.342 e. The first-order chi connectivity index (χ1) is 12.2. The Hall–Kier alpha value is -1.76. The number of nitrogens with one attached hydrogen (secondary N) is 1. The first-order valence-corrected chi connectivity index (χ1v) is 10.3. The summed E-state index contributed by atoms with van der Waals surface area (Å²) in [4.78, 5) is 14.0. The first-order valence-electron chi connectivity index (χ1n) is 8.08. The van der Waals surface area contributed by atoms with Crippen molar-refractivity contribution in [2.24, 2.45) is 0 Å². The summed E-state index contributed by atoms with van der Waals surface area (Å²) >= 11 is 11.7. The third kappa shape index (κ3) is 5.13. The number of hydrogen-bond acceptors (Lipinski definition) is 3. The van der Waals surface area contributed by atoms with Crippen molar-refractivity contribution in [1.82, 2.24) is 4.90 Å². The number of anilines is 1. The highest BCUT2D eigenvalue weighted by atomic mass is 35.5. The number of amides is 1. The first kappa shape index (κ1) is 20.6. The summed E-state index contributed by atoms with van der Waals surface area (Å²) in [5.41, 5.74) is 0.712. The van der Waals surface area contributed by atoms with Crippen molar-refractivity contribution in [3.05, 3.63) is 58.1 Å². The average Bonchev–Trinajstić information content (AvgIpc) is 2.61. The number of halogens is 2. The molecule has 0 saturated carbocycles. The zero-order valence-electron chi connectivity index (χ0n) is 14.5. The van der Waals surface area contributed by atoms with Crippen LogP contribution in [0.4, 0.5) is 5.69 Å². The van der Waals surface area contributed by atoms with Crippen LogP contribution in [0, 0.1) is 0 Å². The van der Waals surface area contributed by atoms with E-state index in [0.717, 1.165) is 12.8 Å². The van der Waals surface area contributed by atoms with Crippen LogP contribution >= 0.6 is 23.2 Å². The van der Waals surface area contributed by atoms with Crippen molar-refractivity contribution in [1.29, 1.82) is 0 Å². The van der Waals surface area contributed by atoms with Crippen LogP contribution in [0.1, 0.15) is 30.1 Å². The molecule has 140 valence electrons. The third-order valence-corrected chi connectivity index (χ3v) is 5.87. The zero-order valence-corrected chi connectivity index (χ0v) is 16.8. The van der Waals surface area contributed by atoms with Gasteiger partial charge in [-0.05, 0) is 42.8 Å². The van der Waals surface area contributed by atoms with Gasteiger partial charge < -0.3 is 4.90 Å². The number of benzene rings is 2. The Balaban J connectivity index is 2.22. The Labute approximate surface area is 164 Å². The molecule has 1 N–H and O–H groups in total. The topological polar surface area (TPSA) is 66.5 Å². The van der Waals surface area contributed by atoms with Crippen molar-refractivity contribution < 1.29 is 13.2 Å². The van der Waals surface area contributed by atoms with Gasteiger partial charge in [-0.2, -0.15) is 0 Å². The SMILES string of the molecule is CCCCN(C)C(=O)c1cccc(NS(=O)(=O)c2ccc(Cl)c(Cl)c2)c1. The van der Waals surface area contributed by atoms with Gasteiger partial charge >= 0.3 is 0 Å². The molecule has 0 aromatic heterocycles. The lowest BCUT2D eigenvalue weighted by atomic mass is 10.2. The van der Waals surface area contributed by atoms with E-state index in [0.29, 0.717) is 17.8 Å². The summed E-state index contributed by atoms with van der Waals surface area (Å²) < 4.78 is 27.5. The molecule has 0 atom stereocenters. The molecular weight excluding hydrogens is 395 g/mol. The minimum absolute atomic E-state index is 0.0105. The smallest absolute Gasteiger partial charge is 0.261 e. The van der Waals surface area contributed by atoms with E-state index in [9.17, 15) is 13.2 Å². The fraction of sp³-hybridized carbons (Fsp3) is 0.278. The van der Waals surface area contributed by atoms with Crippen molar-refractivity contribution >= 4 is 44.8 Å². The lowest BCUT2D eigenvalue weighted by Gasteiger charge is -2.17. The van der Waals surface area contributed by atoms with Gasteiger partial charge in [0.15, 0.2) is 0 Å². The standard InChI is InChI=1S/C18H20Cl2N2O3S/c1-3-4-10-22(2)18(23)13-6-5-7-14(11-13)21-26(24,25)15-8-9-16(19)17(20)12-15/h5-9,11-12,21H,3-4,10H2,1-2H3. The molecule has 2 aromatic rings. The summed E-state index contributed by atoms with van der Waals surface area (Å²) in [7, 11) is -2.12. The van der Waals surface area contributed by atoms with Gasteiger partial charge in [-0.3, -0.25) is 9.52 Å². The molecule has 26 heavy (non-hydrogen) atoms. The summed E-state index contributed by atoms with van der Waals surface area (Å²) in [5.74, 6) is -0.158. The molecule has 0 aliphatic rings. The van der Waals surface area contributed by atoms with Crippen LogP contribution in [0.3, 0.4) is 0 Å². The van der Waals surface area contributed by atoms with Crippen molar-refractivity contribution in [2.75, 3.05) is 18.3 Å². The van der Waals surface area contributed by atoms with E-state index < -0.39 is 10.0 Å². The van der Waals surface area contributed by atoms with Gasteiger partial charge in [-0.15, -0.1) is 0 Å². The van der Waals surface area contributed by atoms with E-state index in [1.165, 1.54) is 24.3 Å². The molecule has 0 unspecified atom stereocenters. The molecule has 2 aromatic carbocycles. The molecule has 0 heterocycles. The quantitative estimate of drug-likeness (QED) is 0.715. The minimum atomic E-state index is -3.85. The molecule has 0 fully saturated rings. The number of carbonyl (C=O) groups excluding carboxylic acids is 1. The maximum absolute atomic E-state index is 12.5. The van der Waals surface area contributed by atoms with Crippen LogP contribution < -0.4 is 4.72 Å². The number of hydrogen-bond donors (Lipinski definition) is 1. The van der Waals surface area contributed by atoms with Crippen LogP contribution in [0.25, 0.3) is 0 Å². The maximum Gasteiger partial charge on any atom is 0.261 e. The highest BCUT2D eigenvalue weighted by molar-refractivity contribution is 7.92. The van der Waals surface area contributed by atoms with Crippen molar-refractivity contribution in [3.8, 4) is 0 Å². The second-order valence-electron chi connectivity index (χ2n) is 5.84. The van der Waals surface area contributed by atoms with Gasteiger partial charge in [0.25, 0.3) is 15.9 Å². The van der Waals surface area contributed by atoms with Crippen LogP contribution in [-0.4, -0.2) is 32.8 Å². The molecular formula is C18H20Cl2N2O3S. The van der Waals surface area contributed by atoms with Gasteiger partial charge in [0.1, 0.15) is 0 Å². The molecule has 0 radical (unpaired) electrons. The highest BCUT2D eigenvalue weighted by Gasteiger charge is 2.17. The number of sulfonamides is 1. The Morgan fingerprint density at radius 2 is 1.85 bits per heavy atom. The lowest BCUT2D eigenvalue weighted by molar-refractivity contribution is 0.0793. The molecule has 0 aliphatic heterocycles. The number of rotatable bonds is 7. The highest BCUT2D eigenvalue weighted by Crippen LogP contribution is 2.26. The molecule has 2 rings (SSSR count). The fourth-order valence-corrected chi connectivity index (χ4v) is 3.73. The molecule has 0 aliphatic carbocycles. The van der Waals surface area contributed by atoms with E-state index in [4.69, 9.17) is 23.2 Å². The van der Waals surface area contributed by atoms with E-state index in [1.807, 2.05) is 0 Å². The van der Waals surface area contributed by atoms with Gasteiger partial charge in [0.05, 0.1) is 14.9 Å². The molecule has 8 heteroatoms. The Bertz CT molecular complexity index is 901. The Morgan fingerprint density at radius 3 is 2.50 bits per heavy atom. The number of unbranched alkanes of at least 4 members (excludes halogenated alkanes) is 1. The van der Waals surface area contributed by atoms with Crippen LogP contribution in [0.15, 0.2) is 47.4 Å². The van der Waals surface area contributed by atoms with Crippen LogP contribution in [0.2, 0.25) is 10.0 Å². The van der Waals surface area contributed by atoms with Gasteiger partial charge in [0.2, 0.25) is 0 Å². The number of nitrogens with zero attached hydrogens (tertiary/aromatic N) is 1. The van der Waals surface area contributed by atoms with Gasteiger partial charge in [0, 0.05) is 24.8 Å². The summed E-state index contributed by atoms with van der Waals surface area (Å²) in [6, 6.07) is 10.4. The van der Waals surface area contributed by atoms with E-state index in [2.05, 4.69) is 11.6 Å². The van der Waals surface area contributed by atoms with Crippen LogP contribution in [0.5, 0.6) is 0 Å². The fourth-order valence-electron chi connectivity index (χ4n) is 2.29. The normalized spacial score (nSPS) is 11.2. The summed E-state index contributed by atoms with van der Waals surface area (Å²) in [6.07, 6.45) is 1.90. The largest absolute Gasteiger partial charge is 0.342 e. The maximum atomic E-state index is 12.5. The van der Waals surface area contributed by atoms with Crippen molar-refractivity contribution in [3.63, 3.8) is 0 Å². The molecule has 1 amide bonds. The van der Waals surface area contributed by atoms with Crippen molar-refractivity contribution in [2.45, 2.75) is 24.7 Å². The Kier molecular flexibility index (Phi) is 6.92. The summed E-state index contributed by atoms with van der Waals surface area (Å²) in [6.45, 7) is 2.70. The third-order valence-electron chi connectivity index (χ3n) is 3.76. The molecule has 5 nitrogen and oxygen atoms in total. The van der Waals surface area contributed by atoms with Gasteiger partial charge in [-0.1, -0.05) is 42.6 Å². The molecule has 0 bridgehead atoms. The van der Waals surface area contributed by atoms with E-state index in [-0.39, 0.29) is 20.8 Å². The monoisotopic (exact) mass is 414 g/mol. The summed E-state index contributed by atoms with van der Waals surface area (Å²) in [5, 5.41) is 0.421. The Morgan fingerprint density at radius 1 is 1.12 bits per heavy atom. The molecule has 0 saturated heterocycles. The second kappa shape index (κ2) is 8.75. The van der Waals surface area contributed by atoms with Crippen LogP contribution in [-0.2, 0) is 10.0 Å². The molecule has 0 spiro atoms. The predicted octanol–water partition coefficient (Wildman–Crippen LogP) is 4.67. The zero-order chi connectivity index (χ0) is 19.3. The lowest BCUT2D eigenvalue weighted by Crippen LogP contribution is -2.27. The van der Waals surface area contributed by atoms with E-state index >= 15 is 0 Å². The second-order valence-corrected chi connectivity index (χ2v) is 8.34. The van der Waals surface area contributed by atoms with E-state index in [1.54, 1.807) is 30.1 Å². The van der Waals surface area contributed by atoms with Gasteiger partial charge in [-0.25, -0.2) is 8.42 Å². The predicted molar refractivity (Wildman–Crippen MR) is 106 cm³/mol. The number of carbonyl (C=O) groups is 1. The average molecular weight is 415 g/mol.